The normalized spacial score (nSPS) is 14.1. The molecule has 20 heavy (non-hydrogen) atoms. The van der Waals surface area contributed by atoms with E-state index in [0.29, 0.717) is 12.6 Å². The predicted octanol–water partition coefficient (Wildman–Crippen LogP) is -2.31. The maximum absolute atomic E-state index is 11.5. The average molecular weight is 282 g/mol. The number of H-pyrrole nitrogens is 2. The summed E-state index contributed by atoms with van der Waals surface area (Å²) in [7, 11) is 0. The number of carbonyl (C=O) groups is 2. The van der Waals surface area contributed by atoms with Gasteiger partial charge in [0.1, 0.15) is 11.8 Å². The van der Waals surface area contributed by atoms with Gasteiger partial charge in [-0.1, -0.05) is 0 Å². The molecule has 2 heterocycles. The number of aromatic amines is 2. The third-order valence-electron chi connectivity index (χ3n) is 2.50. The molecular formula is C10H10N4O6. The van der Waals surface area contributed by atoms with Crippen molar-refractivity contribution >= 4 is 23.7 Å². The van der Waals surface area contributed by atoms with Gasteiger partial charge in [0.25, 0.3) is 5.56 Å². The summed E-state index contributed by atoms with van der Waals surface area (Å²) in [5.41, 5.74) is -1.62. The fraction of sp³-hybridized carbons (Fsp3) is 0.300. The first kappa shape index (κ1) is 13.8. The molecule has 10 nitrogen and oxygen atoms in total. The first-order valence-electron chi connectivity index (χ1n) is 5.46. The lowest BCUT2D eigenvalue weighted by Crippen LogP contribution is -2.27. The van der Waals surface area contributed by atoms with Crippen LogP contribution in [0.2, 0.25) is 0 Å². The van der Waals surface area contributed by atoms with Crippen LogP contribution >= 0.6 is 0 Å². The number of hydrogen-bond donors (Lipinski definition) is 3. The number of nitrogens with zero attached hydrogens (tertiary/aromatic N) is 2. The van der Waals surface area contributed by atoms with Crippen LogP contribution in [0.3, 0.4) is 0 Å². The third-order valence-corrected chi connectivity index (χ3v) is 2.50. The van der Waals surface area contributed by atoms with Gasteiger partial charge in [0, 0.05) is 0 Å². The van der Waals surface area contributed by atoms with Gasteiger partial charge in [-0.25, -0.2) is 9.78 Å². The smallest absolute Gasteiger partial charge is 0.327 e. The van der Waals surface area contributed by atoms with Gasteiger partial charge in [0.15, 0.2) is 24.3 Å². The summed E-state index contributed by atoms with van der Waals surface area (Å²) < 4.78 is 6.11. The number of aliphatic hydroxyl groups excluding tert-OH is 1. The van der Waals surface area contributed by atoms with Gasteiger partial charge in [-0.05, 0) is 0 Å². The quantitative estimate of drug-likeness (QED) is 0.504. The molecule has 1 unspecified atom stereocenters. The van der Waals surface area contributed by atoms with Crippen LogP contribution in [-0.4, -0.2) is 49.9 Å². The molecule has 106 valence electrons. The van der Waals surface area contributed by atoms with Crippen LogP contribution < -0.4 is 11.2 Å². The van der Waals surface area contributed by atoms with E-state index in [1.54, 1.807) is 0 Å². The Morgan fingerprint density at radius 3 is 2.70 bits per heavy atom. The lowest BCUT2D eigenvalue weighted by atomic mass is 10.4. The Bertz CT molecular complexity index is 744. The Balaban J connectivity index is 2.50. The summed E-state index contributed by atoms with van der Waals surface area (Å²) in [6.07, 6.45) is -0.761. The van der Waals surface area contributed by atoms with Gasteiger partial charge in [-0.3, -0.25) is 24.1 Å². The number of aldehydes is 2. The fourth-order valence-electron chi connectivity index (χ4n) is 1.61. The standard InChI is InChI=1S/C10H10N4O6/c15-1-5(2-16)20-6(3-17)14-4-11-7-8(14)12-10(19)13-9(7)18/h1,3-6,16H,2H2,(H2,12,13,18,19)/t5?,6-/m1/s1. The molecule has 3 N–H and O–H groups in total. The number of ether oxygens (including phenoxy) is 1. The zero-order valence-corrected chi connectivity index (χ0v) is 9.98. The number of fused-ring (bicyclic) bond motifs is 1. The van der Waals surface area contributed by atoms with E-state index in [1.807, 2.05) is 4.98 Å². The second kappa shape index (κ2) is 5.59. The van der Waals surface area contributed by atoms with Crippen LogP contribution in [-0.2, 0) is 14.3 Å². The molecule has 0 fully saturated rings. The van der Waals surface area contributed by atoms with Crippen molar-refractivity contribution in [2.75, 3.05) is 6.61 Å². The highest BCUT2D eigenvalue weighted by atomic mass is 16.5. The van der Waals surface area contributed by atoms with E-state index >= 15 is 0 Å². The van der Waals surface area contributed by atoms with Crippen molar-refractivity contribution in [3.63, 3.8) is 0 Å². The van der Waals surface area contributed by atoms with E-state index in [0.717, 1.165) is 10.9 Å². The monoisotopic (exact) mass is 282 g/mol. The van der Waals surface area contributed by atoms with Crippen molar-refractivity contribution in [2.45, 2.75) is 12.3 Å². The summed E-state index contributed by atoms with van der Waals surface area (Å²) >= 11 is 0. The van der Waals surface area contributed by atoms with E-state index in [2.05, 4.69) is 9.97 Å². The predicted molar refractivity (Wildman–Crippen MR) is 64.1 cm³/mol. The maximum Gasteiger partial charge on any atom is 0.327 e. The first-order valence-corrected chi connectivity index (χ1v) is 5.46. The molecule has 0 bridgehead atoms. The van der Waals surface area contributed by atoms with Crippen LogP contribution in [0.15, 0.2) is 15.9 Å². The fourth-order valence-corrected chi connectivity index (χ4v) is 1.61. The molecule has 2 rings (SSSR count). The SMILES string of the molecule is O=CC(CO)O[C@H](C=O)n1cnc2c(=O)[nH]c(=O)[nH]c21. The minimum Gasteiger partial charge on any atom is -0.393 e. The van der Waals surface area contributed by atoms with Gasteiger partial charge in [0.05, 0.1) is 12.9 Å². The van der Waals surface area contributed by atoms with Gasteiger partial charge in [-0.2, -0.15) is 0 Å². The van der Waals surface area contributed by atoms with Crippen molar-refractivity contribution in [2.24, 2.45) is 0 Å². The Morgan fingerprint density at radius 2 is 2.10 bits per heavy atom. The molecule has 0 aliphatic rings. The third kappa shape index (κ3) is 2.41. The summed E-state index contributed by atoms with van der Waals surface area (Å²) in [5.74, 6) is 0. The average Bonchev–Trinajstić information content (AvgIpc) is 2.84. The van der Waals surface area contributed by atoms with Crippen LogP contribution in [0.1, 0.15) is 6.23 Å². The lowest BCUT2D eigenvalue weighted by Gasteiger charge is -2.16. The van der Waals surface area contributed by atoms with Crippen molar-refractivity contribution in [1.29, 1.82) is 0 Å². The summed E-state index contributed by atoms with van der Waals surface area (Å²) in [4.78, 5) is 52.4. The minimum atomic E-state index is -1.32. The van der Waals surface area contributed by atoms with E-state index < -0.39 is 30.2 Å². The molecule has 0 radical (unpaired) electrons. The van der Waals surface area contributed by atoms with Gasteiger partial charge >= 0.3 is 5.69 Å². The van der Waals surface area contributed by atoms with Crippen molar-refractivity contribution in [3.8, 4) is 0 Å². The Morgan fingerprint density at radius 1 is 1.35 bits per heavy atom. The maximum atomic E-state index is 11.5. The number of hydrogen-bond acceptors (Lipinski definition) is 7. The molecule has 0 aromatic carbocycles. The number of aliphatic hydroxyl groups is 1. The van der Waals surface area contributed by atoms with Crippen LogP contribution in [0.25, 0.3) is 11.2 Å². The number of rotatable bonds is 6. The molecule has 0 saturated carbocycles. The van der Waals surface area contributed by atoms with Crippen molar-refractivity contribution in [3.05, 3.63) is 27.2 Å². The van der Waals surface area contributed by atoms with E-state index in [9.17, 15) is 19.2 Å². The molecule has 0 amide bonds. The second-order valence-electron chi connectivity index (χ2n) is 3.78. The summed E-state index contributed by atoms with van der Waals surface area (Å²) in [5, 5.41) is 8.86. The Labute approximate surface area is 110 Å². The first-order chi connectivity index (χ1) is 9.60. The molecule has 0 aliphatic heterocycles. The van der Waals surface area contributed by atoms with Crippen molar-refractivity contribution in [1.82, 2.24) is 19.5 Å². The number of carbonyl (C=O) groups excluding carboxylic acids is 2. The van der Waals surface area contributed by atoms with Crippen LogP contribution in [0, 0.1) is 0 Å². The highest BCUT2D eigenvalue weighted by Crippen LogP contribution is 2.13. The molecular weight excluding hydrogens is 272 g/mol. The Kier molecular flexibility index (Phi) is 3.86. The van der Waals surface area contributed by atoms with Gasteiger partial charge in [-0.15, -0.1) is 0 Å². The largest absolute Gasteiger partial charge is 0.393 e. The molecule has 2 aromatic heterocycles. The Hall–Kier alpha value is -2.59. The summed E-state index contributed by atoms with van der Waals surface area (Å²) in [6, 6.07) is 0. The molecule has 0 saturated heterocycles. The van der Waals surface area contributed by atoms with Crippen LogP contribution in [0.5, 0.6) is 0 Å². The zero-order valence-electron chi connectivity index (χ0n) is 9.98. The number of imidazole rings is 1. The number of aromatic nitrogens is 4. The topological polar surface area (TPSA) is 147 Å². The van der Waals surface area contributed by atoms with Gasteiger partial charge < -0.3 is 14.6 Å². The summed E-state index contributed by atoms with van der Waals surface area (Å²) in [6.45, 7) is -0.614. The molecule has 2 atom stereocenters. The van der Waals surface area contributed by atoms with E-state index in [-0.39, 0.29) is 11.2 Å². The molecule has 0 spiro atoms. The molecule has 0 aliphatic carbocycles. The molecule has 10 heteroatoms. The van der Waals surface area contributed by atoms with E-state index in [4.69, 9.17) is 9.84 Å². The second-order valence-corrected chi connectivity index (χ2v) is 3.78. The highest BCUT2D eigenvalue weighted by molar-refractivity contribution is 5.71. The number of nitrogens with one attached hydrogen (secondary N) is 2. The zero-order chi connectivity index (χ0) is 14.7. The van der Waals surface area contributed by atoms with E-state index in [1.165, 1.54) is 0 Å². The van der Waals surface area contributed by atoms with Crippen molar-refractivity contribution < 1.29 is 19.4 Å². The van der Waals surface area contributed by atoms with Gasteiger partial charge in [0.2, 0.25) is 0 Å². The molecule has 2 aromatic rings. The van der Waals surface area contributed by atoms with Crippen LogP contribution in [0.4, 0.5) is 0 Å². The highest BCUT2D eigenvalue weighted by Gasteiger charge is 2.20. The minimum absolute atomic E-state index is 0.0292. The lowest BCUT2D eigenvalue weighted by molar-refractivity contribution is -0.139.